The van der Waals surface area contributed by atoms with E-state index in [1.165, 1.54) is 6.92 Å². The van der Waals surface area contributed by atoms with Crippen LogP contribution in [0.2, 0.25) is 0 Å². The lowest BCUT2D eigenvalue weighted by atomic mass is 10.4. The van der Waals surface area contributed by atoms with Crippen molar-refractivity contribution in [1.29, 1.82) is 0 Å². The van der Waals surface area contributed by atoms with Crippen molar-refractivity contribution >= 4 is 5.97 Å². The summed E-state index contributed by atoms with van der Waals surface area (Å²) >= 11 is 0. The highest BCUT2D eigenvalue weighted by Gasteiger charge is 2.09. The number of nitrogens with two attached hydrogens (primary N) is 1. The second-order valence-electron chi connectivity index (χ2n) is 1.99. The van der Waals surface area contributed by atoms with E-state index in [1.807, 2.05) is 0 Å². The molecule has 4 heteroatoms. The molecule has 0 aromatic carbocycles. The van der Waals surface area contributed by atoms with Crippen LogP contribution in [0, 0.1) is 0 Å². The minimum absolute atomic E-state index is 0.421. The molecular weight excluding hydrogens is 134 g/mol. The van der Waals surface area contributed by atoms with Crippen molar-refractivity contribution < 1.29 is 14.6 Å². The van der Waals surface area contributed by atoms with E-state index in [0.29, 0.717) is 19.6 Å². The first-order valence-corrected chi connectivity index (χ1v) is 3.23. The molecule has 60 valence electrons. The molecule has 0 unspecified atom stereocenters. The summed E-state index contributed by atoms with van der Waals surface area (Å²) in [6.07, 6.45) is -0.0102. The molecule has 0 bridgehead atoms. The fraction of sp³-hybridized carbons (Fsp3) is 0.833. The Kier molecular flexibility index (Phi) is 4.88. The molecule has 0 heterocycles. The lowest BCUT2D eigenvalue weighted by Gasteiger charge is -2.06. The first kappa shape index (κ1) is 9.39. The summed E-state index contributed by atoms with van der Waals surface area (Å²) in [5.74, 6) is -0.933. The van der Waals surface area contributed by atoms with E-state index in [2.05, 4.69) is 0 Å². The van der Waals surface area contributed by atoms with Gasteiger partial charge < -0.3 is 15.6 Å². The van der Waals surface area contributed by atoms with Gasteiger partial charge in [0.15, 0.2) is 6.10 Å². The number of rotatable bonds is 5. The number of hydrogen-bond acceptors (Lipinski definition) is 3. The van der Waals surface area contributed by atoms with E-state index < -0.39 is 12.1 Å². The summed E-state index contributed by atoms with van der Waals surface area (Å²) in [7, 11) is 0. The Morgan fingerprint density at radius 2 is 2.40 bits per heavy atom. The quantitative estimate of drug-likeness (QED) is 0.529. The van der Waals surface area contributed by atoms with Gasteiger partial charge in [-0.15, -0.1) is 0 Å². The Morgan fingerprint density at radius 1 is 1.80 bits per heavy atom. The van der Waals surface area contributed by atoms with Gasteiger partial charge in [-0.3, -0.25) is 0 Å². The zero-order chi connectivity index (χ0) is 7.98. The van der Waals surface area contributed by atoms with Crippen LogP contribution in [0.4, 0.5) is 0 Å². The zero-order valence-electron chi connectivity index (χ0n) is 6.04. The van der Waals surface area contributed by atoms with E-state index in [9.17, 15) is 4.79 Å². The van der Waals surface area contributed by atoms with Crippen molar-refractivity contribution in [3.8, 4) is 0 Å². The van der Waals surface area contributed by atoms with Gasteiger partial charge in [-0.25, -0.2) is 4.79 Å². The van der Waals surface area contributed by atoms with Crippen molar-refractivity contribution in [3.05, 3.63) is 0 Å². The summed E-state index contributed by atoms with van der Waals surface area (Å²) in [6.45, 7) is 2.45. The normalized spacial score (nSPS) is 13.0. The Hall–Kier alpha value is -0.610. The van der Waals surface area contributed by atoms with Crippen LogP contribution in [0.15, 0.2) is 0 Å². The van der Waals surface area contributed by atoms with E-state index in [-0.39, 0.29) is 0 Å². The molecule has 0 fully saturated rings. The molecule has 0 aromatic heterocycles. The van der Waals surface area contributed by atoms with Crippen LogP contribution in [0.25, 0.3) is 0 Å². The van der Waals surface area contributed by atoms with Crippen LogP contribution in [-0.4, -0.2) is 30.3 Å². The molecule has 0 amide bonds. The number of ether oxygens (including phenoxy) is 1. The molecule has 0 aromatic rings. The highest BCUT2D eigenvalue weighted by Crippen LogP contribution is 1.90. The van der Waals surface area contributed by atoms with Crippen molar-refractivity contribution in [3.63, 3.8) is 0 Å². The van der Waals surface area contributed by atoms with E-state index in [1.54, 1.807) is 0 Å². The molecular formula is C6H13NO3. The van der Waals surface area contributed by atoms with Crippen LogP contribution >= 0.6 is 0 Å². The van der Waals surface area contributed by atoms with Gasteiger partial charge in [0.05, 0.1) is 0 Å². The number of carboxylic acid groups (broad SMARTS) is 1. The van der Waals surface area contributed by atoms with Gasteiger partial charge in [0.1, 0.15) is 0 Å². The maximum atomic E-state index is 10.1. The molecule has 10 heavy (non-hydrogen) atoms. The lowest BCUT2D eigenvalue weighted by molar-refractivity contribution is -0.149. The van der Waals surface area contributed by atoms with Crippen LogP contribution in [0.5, 0.6) is 0 Å². The van der Waals surface area contributed by atoms with E-state index >= 15 is 0 Å². The average Bonchev–Trinajstić information content (AvgIpc) is 1.88. The minimum atomic E-state index is -0.933. The first-order valence-electron chi connectivity index (χ1n) is 3.23. The van der Waals surface area contributed by atoms with Crippen LogP contribution in [0.1, 0.15) is 13.3 Å². The molecule has 0 rings (SSSR count). The van der Waals surface area contributed by atoms with Crippen LogP contribution in [-0.2, 0) is 9.53 Å². The fourth-order valence-electron chi connectivity index (χ4n) is 0.415. The summed E-state index contributed by atoms with van der Waals surface area (Å²) in [5.41, 5.74) is 5.16. The van der Waals surface area contributed by atoms with E-state index in [0.717, 1.165) is 0 Å². The molecule has 0 aliphatic carbocycles. The predicted octanol–water partition coefficient (Wildman–Crippen LogP) is -0.175. The summed E-state index contributed by atoms with van der Waals surface area (Å²) in [6, 6.07) is 0. The third kappa shape index (κ3) is 4.29. The molecule has 0 aliphatic heterocycles. The Labute approximate surface area is 60.0 Å². The summed E-state index contributed by atoms with van der Waals surface area (Å²) in [4.78, 5) is 10.1. The highest BCUT2D eigenvalue weighted by molar-refractivity contribution is 5.71. The third-order valence-electron chi connectivity index (χ3n) is 1.06. The monoisotopic (exact) mass is 147 g/mol. The van der Waals surface area contributed by atoms with Crippen molar-refractivity contribution in [2.24, 2.45) is 5.73 Å². The summed E-state index contributed by atoms with van der Waals surface area (Å²) < 4.78 is 4.86. The third-order valence-corrected chi connectivity index (χ3v) is 1.06. The van der Waals surface area contributed by atoms with Gasteiger partial charge in [0.25, 0.3) is 0 Å². The topological polar surface area (TPSA) is 72.5 Å². The van der Waals surface area contributed by atoms with Crippen molar-refractivity contribution in [1.82, 2.24) is 0 Å². The van der Waals surface area contributed by atoms with Crippen LogP contribution in [0.3, 0.4) is 0 Å². The SMILES string of the molecule is C[C@@H](OCCCN)C(=O)O. The van der Waals surface area contributed by atoms with Gasteiger partial charge in [0.2, 0.25) is 0 Å². The van der Waals surface area contributed by atoms with Gasteiger partial charge in [-0.1, -0.05) is 0 Å². The smallest absolute Gasteiger partial charge is 0.332 e. The second-order valence-corrected chi connectivity index (χ2v) is 1.99. The number of aliphatic carboxylic acids is 1. The Balaban J connectivity index is 3.21. The first-order chi connectivity index (χ1) is 4.68. The van der Waals surface area contributed by atoms with E-state index in [4.69, 9.17) is 15.6 Å². The van der Waals surface area contributed by atoms with Gasteiger partial charge in [0, 0.05) is 6.61 Å². The Bertz CT molecular complexity index is 105. The molecule has 1 atom stereocenters. The van der Waals surface area contributed by atoms with Gasteiger partial charge >= 0.3 is 5.97 Å². The Morgan fingerprint density at radius 3 is 2.80 bits per heavy atom. The number of carbonyl (C=O) groups is 1. The number of carboxylic acids is 1. The molecule has 0 saturated carbocycles. The molecule has 0 saturated heterocycles. The van der Waals surface area contributed by atoms with Gasteiger partial charge in [-0.05, 0) is 19.9 Å². The lowest BCUT2D eigenvalue weighted by Crippen LogP contribution is -2.21. The predicted molar refractivity (Wildman–Crippen MR) is 36.7 cm³/mol. The molecule has 0 spiro atoms. The van der Waals surface area contributed by atoms with Crippen LogP contribution < -0.4 is 5.73 Å². The fourth-order valence-corrected chi connectivity index (χ4v) is 0.415. The highest BCUT2D eigenvalue weighted by atomic mass is 16.5. The molecule has 4 nitrogen and oxygen atoms in total. The standard InChI is InChI=1S/C6H13NO3/c1-5(6(8)9)10-4-2-3-7/h5H,2-4,7H2,1H3,(H,8,9)/t5-/m1/s1. The molecule has 0 radical (unpaired) electrons. The zero-order valence-corrected chi connectivity index (χ0v) is 6.04. The largest absolute Gasteiger partial charge is 0.479 e. The molecule has 0 aliphatic rings. The van der Waals surface area contributed by atoms with Crippen molar-refractivity contribution in [2.45, 2.75) is 19.4 Å². The van der Waals surface area contributed by atoms with Crippen molar-refractivity contribution in [2.75, 3.05) is 13.2 Å². The second kappa shape index (κ2) is 5.20. The molecule has 3 N–H and O–H groups in total. The maximum Gasteiger partial charge on any atom is 0.332 e. The maximum absolute atomic E-state index is 10.1. The minimum Gasteiger partial charge on any atom is -0.479 e. The summed E-state index contributed by atoms with van der Waals surface area (Å²) in [5, 5.41) is 8.33. The average molecular weight is 147 g/mol. The van der Waals surface area contributed by atoms with Gasteiger partial charge in [-0.2, -0.15) is 0 Å². The number of hydrogen-bond donors (Lipinski definition) is 2.